The fourth-order valence-electron chi connectivity index (χ4n) is 2.07. The highest BCUT2D eigenvalue weighted by Gasteiger charge is 2.12. The van der Waals surface area contributed by atoms with Crippen molar-refractivity contribution in [1.29, 1.82) is 0 Å². The SMILES string of the molecule is COc1ccc(NCCC(=O)Nc2c(F)cccc2F)c(OC)c1. The van der Waals surface area contributed by atoms with Gasteiger partial charge in [-0.15, -0.1) is 0 Å². The smallest absolute Gasteiger partial charge is 0.226 e. The summed E-state index contributed by atoms with van der Waals surface area (Å²) in [6.45, 7) is 0.268. The zero-order chi connectivity index (χ0) is 17.5. The largest absolute Gasteiger partial charge is 0.497 e. The Morgan fingerprint density at radius 2 is 1.79 bits per heavy atom. The van der Waals surface area contributed by atoms with Crippen molar-refractivity contribution in [3.05, 3.63) is 48.0 Å². The summed E-state index contributed by atoms with van der Waals surface area (Å²) >= 11 is 0. The lowest BCUT2D eigenvalue weighted by Gasteiger charge is -2.12. The molecule has 7 heteroatoms. The Morgan fingerprint density at radius 3 is 2.42 bits per heavy atom. The molecule has 0 aromatic heterocycles. The molecule has 0 aliphatic rings. The molecule has 0 heterocycles. The first kappa shape index (κ1) is 17.5. The van der Waals surface area contributed by atoms with Crippen LogP contribution in [0.2, 0.25) is 0 Å². The third-order valence-corrected chi connectivity index (χ3v) is 3.30. The second-order valence-corrected chi connectivity index (χ2v) is 4.89. The molecule has 0 aliphatic carbocycles. The number of benzene rings is 2. The molecule has 0 bridgehead atoms. The summed E-state index contributed by atoms with van der Waals surface area (Å²) in [5, 5.41) is 5.26. The van der Waals surface area contributed by atoms with Gasteiger partial charge in [0.2, 0.25) is 5.91 Å². The van der Waals surface area contributed by atoms with Gasteiger partial charge in [0.15, 0.2) is 0 Å². The summed E-state index contributed by atoms with van der Waals surface area (Å²) in [5.74, 6) is -0.916. The van der Waals surface area contributed by atoms with Crippen LogP contribution in [0.3, 0.4) is 0 Å². The molecule has 0 radical (unpaired) electrons. The van der Waals surface area contributed by atoms with Crippen LogP contribution < -0.4 is 20.1 Å². The van der Waals surface area contributed by atoms with Gasteiger partial charge in [0.05, 0.1) is 19.9 Å². The molecule has 2 aromatic carbocycles. The van der Waals surface area contributed by atoms with Crippen LogP contribution in [0.25, 0.3) is 0 Å². The number of hydrogen-bond donors (Lipinski definition) is 2. The number of carbonyl (C=O) groups excluding carboxylic acids is 1. The predicted molar refractivity (Wildman–Crippen MR) is 87.6 cm³/mol. The van der Waals surface area contributed by atoms with Crippen molar-refractivity contribution in [2.75, 3.05) is 31.4 Å². The van der Waals surface area contributed by atoms with Gasteiger partial charge in [-0.05, 0) is 24.3 Å². The van der Waals surface area contributed by atoms with Crippen molar-refractivity contribution in [2.45, 2.75) is 6.42 Å². The fraction of sp³-hybridized carbons (Fsp3) is 0.235. The number of hydrogen-bond acceptors (Lipinski definition) is 4. The molecule has 2 aromatic rings. The van der Waals surface area contributed by atoms with Gasteiger partial charge < -0.3 is 20.1 Å². The lowest BCUT2D eigenvalue weighted by Crippen LogP contribution is -2.18. The minimum absolute atomic E-state index is 0.0307. The minimum atomic E-state index is -0.812. The van der Waals surface area contributed by atoms with Gasteiger partial charge >= 0.3 is 0 Å². The van der Waals surface area contributed by atoms with Crippen LogP contribution in [-0.2, 0) is 4.79 Å². The summed E-state index contributed by atoms with van der Waals surface area (Å²) < 4.78 is 37.3. The van der Waals surface area contributed by atoms with Crippen molar-refractivity contribution < 1.29 is 23.0 Å². The Kier molecular flexibility index (Phi) is 5.95. The Balaban J connectivity index is 1.91. The van der Waals surface area contributed by atoms with E-state index in [0.29, 0.717) is 17.2 Å². The van der Waals surface area contributed by atoms with Crippen LogP contribution in [0, 0.1) is 11.6 Å². The van der Waals surface area contributed by atoms with Crippen molar-refractivity contribution in [3.8, 4) is 11.5 Å². The number of methoxy groups -OCH3 is 2. The molecule has 0 spiro atoms. The van der Waals surface area contributed by atoms with Gasteiger partial charge in [-0.3, -0.25) is 4.79 Å². The van der Waals surface area contributed by atoms with Crippen LogP contribution in [0.4, 0.5) is 20.2 Å². The molecule has 128 valence electrons. The summed E-state index contributed by atoms with van der Waals surface area (Å²) in [4.78, 5) is 11.8. The Hall–Kier alpha value is -2.83. The lowest BCUT2D eigenvalue weighted by atomic mass is 10.2. The molecule has 0 saturated heterocycles. The molecule has 0 saturated carbocycles. The van der Waals surface area contributed by atoms with E-state index in [1.165, 1.54) is 13.2 Å². The number of anilines is 2. The third kappa shape index (κ3) is 4.34. The van der Waals surface area contributed by atoms with E-state index in [2.05, 4.69) is 10.6 Å². The highest BCUT2D eigenvalue weighted by molar-refractivity contribution is 5.91. The van der Waals surface area contributed by atoms with Gasteiger partial charge in [0.1, 0.15) is 28.8 Å². The van der Waals surface area contributed by atoms with E-state index in [1.807, 2.05) is 0 Å². The Labute approximate surface area is 138 Å². The quantitative estimate of drug-likeness (QED) is 0.813. The van der Waals surface area contributed by atoms with Gasteiger partial charge in [-0.2, -0.15) is 0 Å². The van der Waals surface area contributed by atoms with Crippen LogP contribution in [0.1, 0.15) is 6.42 Å². The highest BCUT2D eigenvalue weighted by atomic mass is 19.1. The number of ether oxygens (including phenoxy) is 2. The fourth-order valence-corrected chi connectivity index (χ4v) is 2.07. The second-order valence-electron chi connectivity index (χ2n) is 4.89. The maximum absolute atomic E-state index is 13.5. The average Bonchev–Trinajstić information content (AvgIpc) is 2.58. The van der Waals surface area contributed by atoms with Crippen LogP contribution in [-0.4, -0.2) is 26.7 Å². The second kappa shape index (κ2) is 8.14. The number of halogens is 2. The molecule has 0 fully saturated rings. The Morgan fingerprint density at radius 1 is 1.08 bits per heavy atom. The number of rotatable bonds is 7. The number of nitrogens with one attached hydrogen (secondary N) is 2. The number of carbonyl (C=O) groups is 1. The maximum Gasteiger partial charge on any atom is 0.226 e. The Bertz CT molecular complexity index is 703. The summed E-state index contributed by atoms with van der Waals surface area (Å²) in [7, 11) is 3.07. The summed E-state index contributed by atoms with van der Waals surface area (Å²) in [5.41, 5.74) is 0.243. The van der Waals surface area contributed by atoms with Crippen LogP contribution in [0.5, 0.6) is 11.5 Å². The monoisotopic (exact) mass is 336 g/mol. The number of para-hydroxylation sites is 1. The van der Waals surface area contributed by atoms with E-state index in [1.54, 1.807) is 25.3 Å². The first-order valence-corrected chi connectivity index (χ1v) is 7.25. The van der Waals surface area contributed by atoms with Gasteiger partial charge in [-0.25, -0.2) is 8.78 Å². The summed E-state index contributed by atoms with van der Waals surface area (Å²) in [6.07, 6.45) is 0.0307. The predicted octanol–water partition coefficient (Wildman–Crippen LogP) is 3.42. The third-order valence-electron chi connectivity index (χ3n) is 3.30. The molecule has 5 nitrogen and oxygen atoms in total. The standard InChI is InChI=1S/C17H18F2N2O3/c1-23-11-6-7-14(15(10-11)24-2)20-9-8-16(22)21-17-12(18)4-3-5-13(17)19/h3-7,10,20H,8-9H2,1-2H3,(H,21,22). The van der Waals surface area contributed by atoms with Crippen LogP contribution in [0.15, 0.2) is 36.4 Å². The first-order chi connectivity index (χ1) is 11.5. The lowest BCUT2D eigenvalue weighted by molar-refractivity contribution is -0.116. The molecular weight excluding hydrogens is 318 g/mol. The van der Waals surface area contributed by atoms with Crippen molar-refractivity contribution >= 4 is 17.3 Å². The van der Waals surface area contributed by atoms with E-state index >= 15 is 0 Å². The molecule has 0 unspecified atom stereocenters. The summed E-state index contributed by atoms with van der Waals surface area (Å²) in [6, 6.07) is 8.61. The molecule has 0 aliphatic heterocycles. The molecule has 2 rings (SSSR count). The van der Waals surface area contributed by atoms with Gasteiger partial charge in [-0.1, -0.05) is 6.07 Å². The van der Waals surface area contributed by atoms with E-state index in [-0.39, 0.29) is 13.0 Å². The topological polar surface area (TPSA) is 59.6 Å². The molecule has 0 atom stereocenters. The van der Waals surface area contributed by atoms with E-state index in [0.717, 1.165) is 12.1 Å². The molecule has 1 amide bonds. The average molecular weight is 336 g/mol. The van der Waals surface area contributed by atoms with E-state index in [4.69, 9.17) is 9.47 Å². The normalized spacial score (nSPS) is 10.2. The zero-order valence-corrected chi connectivity index (χ0v) is 13.4. The van der Waals surface area contributed by atoms with E-state index in [9.17, 15) is 13.6 Å². The maximum atomic E-state index is 13.5. The molecular formula is C17H18F2N2O3. The van der Waals surface area contributed by atoms with Gasteiger partial charge in [0.25, 0.3) is 0 Å². The van der Waals surface area contributed by atoms with Crippen molar-refractivity contribution in [2.24, 2.45) is 0 Å². The molecule has 24 heavy (non-hydrogen) atoms. The van der Waals surface area contributed by atoms with Crippen molar-refractivity contribution in [1.82, 2.24) is 0 Å². The zero-order valence-electron chi connectivity index (χ0n) is 13.4. The first-order valence-electron chi connectivity index (χ1n) is 7.25. The van der Waals surface area contributed by atoms with Crippen molar-refractivity contribution in [3.63, 3.8) is 0 Å². The van der Waals surface area contributed by atoms with E-state index < -0.39 is 23.2 Å². The minimum Gasteiger partial charge on any atom is -0.497 e. The van der Waals surface area contributed by atoms with Crippen LogP contribution >= 0.6 is 0 Å². The van der Waals surface area contributed by atoms with Gasteiger partial charge in [0, 0.05) is 19.0 Å². The number of amides is 1. The molecule has 2 N–H and O–H groups in total. The highest BCUT2D eigenvalue weighted by Crippen LogP contribution is 2.28.